The van der Waals surface area contributed by atoms with E-state index in [1.807, 2.05) is 30.6 Å². The van der Waals surface area contributed by atoms with E-state index in [-0.39, 0.29) is 0 Å². The molecular weight excluding hydrogens is 474 g/mol. The molecule has 184 valence electrons. The highest BCUT2D eigenvalue weighted by Crippen LogP contribution is 2.38. The maximum Gasteiger partial charge on any atom is 0.0709 e. The van der Waals surface area contributed by atoms with Crippen molar-refractivity contribution in [1.82, 2.24) is 9.97 Å². The number of hydrogen-bond donors (Lipinski definition) is 0. The zero-order chi connectivity index (χ0) is 26.0. The summed E-state index contributed by atoms with van der Waals surface area (Å²) in [7, 11) is 0. The van der Waals surface area contributed by atoms with Crippen LogP contribution in [0.5, 0.6) is 0 Å². The number of rotatable bonds is 5. The third-order valence-corrected chi connectivity index (χ3v) is 7.08. The van der Waals surface area contributed by atoms with Crippen molar-refractivity contribution in [2.45, 2.75) is 0 Å². The van der Waals surface area contributed by atoms with Crippen molar-refractivity contribution in [3.63, 3.8) is 0 Å². The van der Waals surface area contributed by atoms with Gasteiger partial charge in [-0.05, 0) is 59.3 Å². The van der Waals surface area contributed by atoms with Crippen LogP contribution in [0.1, 0.15) is 0 Å². The van der Waals surface area contributed by atoms with E-state index in [4.69, 9.17) is 9.97 Å². The molecule has 0 unspecified atom stereocenters. The molecule has 3 nitrogen and oxygen atoms in total. The summed E-state index contributed by atoms with van der Waals surface area (Å²) in [4.78, 5) is 11.8. The number of benzene rings is 5. The molecule has 0 bridgehead atoms. The van der Waals surface area contributed by atoms with Crippen molar-refractivity contribution in [1.29, 1.82) is 0 Å². The van der Waals surface area contributed by atoms with Gasteiger partial charge in [0.2, 0.25) is 0 Å². The fourth-order valence-electron chi connectivity index (χ4n) is 5.12. The van der Waals surface area contributed by atoms with Gasteiger partial charge in [0.1, 0.15) is 0 Å². The summed E-state index contributed by atoms with van der Waals surface area (Å²) in [5.74, 6) is 0. The molecule has 2 heterocycles. The Kier molecular flexibility index (Phi) is 5.80. The van der Waals surface area contributed by atoms with Crippen LogP contribution in [0.25, 0.3) is 44.1 Å². The Morgan fingerprint density at radius 2 is 0.795 bits per heavy atom. The standard InChI is InChI=1S/C36H25N3/c1-2-16-32(17-3-1)39(33-18-8-14-28(20-33)35-22-26-10-4-6-12-30(26)24-37-35)34-19-9-15-29(21-34)36-23-27-11-5-7-13-31(27)25-38-36/h1-25H. The first-order chi connectivity index (χ1) is 19.3. The Labute approximate surface area is 227 Å². The molecule has 0 amide bonds. The topological polar surface area (TPSA) is 29.0 Å². The third-order valence-electron chi connectivity index (χ3n) is 7.08. The van der Waals surface area contributed by atoms with Crippen molar-refractivity contribution in [2.75, 3.05) is 4.90 Å². The van der Waals surface area contributed by atoms with Gasteiger partial charge >= 0.3 is 0 Å². The second-order valence-corrected chi connectivity index (χ2v) is 9.61. The first-order valence-electron chi connectivity index (χ1n) is 13.1. The average molecular weight is 500 g/mol. The normalized spacial score (nSPS) is 11.1. The van der Waals surface area contributed by atoms with Crippen molar-refractivity contribution in [2.24, 2.45) is 0 Å². The lowest BCUT2D eigenvalue weighted by Gasteiger charge is -2.26. The molecule has 0 radical (unpaired) electrons. The van der Waals surface area contributed by atoms with Crippen LogP contribution < -0.4 is 4.90 Å². The van der Waals surface area contributed by atoms with Crippen LogP contribution in [0.2, 0.25) is 0 Å². The Balaban J connectivity index is 1.33. The second kappa shape index (κ2) is 9.88. The van der Waals surface area contributed by atoms with Crippen LogP contribution >= 0.6 is 0 Å². The highest BCUT2D eigenvalue weighted by atomic mass is 15.1. The molecule has 0 spiro atoms. The minimum Gasteiger partial charge on any atom is -0.310 e. The Morgan fingerprint density at radius 1 is 0.359 bits per heavy atom. The van der Waals surface area contributed by atoms with E-state index >= 15 is 0 Å². The monoisotopic (exact) mass is 499 g/mol. The zero-order valence-electron chi connectivity index (χ0n) is 21.3. The molecule has 0 saturated heterocycles. The lowest BCUT2D eigenvalue weighted by molar-refractivity contribution is 1.27. The lowest BCUT2D eigenvalue weighted by Crippen LogP contribution is -2.10. The Hall–Kier alpha value is -5.28. The van der Waals surface area contributed by atoms with Crippen molar-refractivity contribution < 1.29 is 0 Å². The molecule has 0 aliphatic carbocycles. The van der Waals surface area contributed by atoms with Gasteiger partial charge in [0.25, 0.3) is 0 Å². The molecule has 7 aromatic rings. The number of aromatic nitrogens is 2. The largest absolute Gasteiger partial charge is 0.310 e. The van der Waals surface area contributed by atoms with Crippen LogP contribution in [-0.4, -0.2) is 9.97 Å². The SMILES string of the molecule is c1ccc(N(c2cccc(-c3cc4ccccc4cn3)c2)c2cccc(-c3cc4ccccc4cn3)c2)cc1. The van der Waals surface area contributed by atoms with E-state index in [0.29, 0.717) is 0 Å². The number of hydrogen-bond acceptors (Lipinski definition) is 3. The van der Waals surface area contributed by atoms with Crippen molar-refractivity contribution in [3.8, 4) is 22.5 Å². The summed E-state index contributed by atoms with van der Waals surface area (Å²) in [6.07, 6.45) is 3.90. The number of para-hydroxylation sites is 1. The van der Waals surface area contributed by atoms with Gasteiger partial charge in [-0.15, -0.1) is 0 Å². The molecule has 7 rings (SSSR count). The summed E-state index contributed by atoms with van der Waals surface area (Å²) in [5, 5.41) is 4.65. The molecule has 0 aliphatic rings. The summed E-state index contributed by atoms with van der Waals surface area (Å²) < 4.78 is 0. The highest BCUT2D eigenvalue weighted by Gasteiger charge is 2.15. The second-order valence-electron chi connectivity index (χ2n) is 9.61. The molecule has 0 atom stereocenters. The summed E-state index contributed by atoms with van der Waals surface area (Å²) in [5.41, 5.74) is 7.28. The van der Waals surface area contributed by atoms with Gasteiger partial charge in [-0.25, -0.2) is 0 Å². The van der Waals surface area contributed by atoms with Crippen molar-refractivity contribution in [3.05, 3.63) is 152 Å². The summed E-state index contributed by atoms with van der Waals surface area (Å²) in [6, 6.07) is 48.7. The molecule has 0 fully saturated rings. The maximum absolute atomic E-state index is 4.77. The van der Waals surface area contributed by atoms with Crippen molar-refractivity contribution >= 4 is 38.6 Å². The molecule has 3 heteroatoms. The first kappa shape index (κ1) is 22.9. The molecule has 0 saturated carbocycles. The number of pyridine rings is 2. The van der Waals surface area contributed by atoms with E-state index in [1.165, 1.54) is 10.8 Å². The van der Waals surface area contributed by atoms with Crippen LogP contribution in [-0.2, 0) is 0 Å². The first-order valence-corrected chi connectivity index (χ1v) is 13.1. The van der Waals surface area contributed by atoms with Gasteiger partial charge < -0.3 is 4.90 Å². The predicted molar refractivity (Wildman–Crippen MR) is 163 cm³/mol. The van der Waals surface area contributed by atoms with Gasteiger partial charge in [0.15, 0.2) is 0 Å². The predicted octanol–water partition coefficient (Wildman–Crippen LogP) is 9.59. The summed E-state index contributed by atoms with van der Waals surface area (Å²) in [6.45, 7) is 0. The van der Waals surface area contributed by atoms with Gasteiger partial charge in [0.05, 0.1) is 11.4 Å². The lowest BCUT2D eigenvalue weighted by atomic mass is 10.0. The minimum absolute atomic E-state index is 0.956. The zero-order valence-corrected chi connectivity index (χ0v) is 21.3. The van der Waals surface area contributed by atoms with Crippen LogP contribution in [0.3, 0.4) is 0 Å². The number of fused-ring (bicyclic) bond motifs is 2. The summed E-state index contributed by atoms with van der Waals surface area (Å²) >= 11 is 0. The van der Waals surface area contributed by atoms with Gasteiger partial charge in [0, 0.05) is 51.4 Å². The Morgan fingerprint density at radius 3 is 1.31 bits per heavy atom. The van der Waals surface area contributed by atoms with E-state index < -0.39 is 0 Å². The van der Waals surface area contributed by atoms with Gasteiger partial charge in [-0.2, -0.15) is 0 Å². The van der Waals surface area contributed by atoms with E-state index in [0.717, 1.165) is 50.3 Å². The number of anilines is 3. The van der Waals surface area contributed by atoms with Crippen LogP contribution in [0.15, 0.2) is 152 Å². The van der Waals surface area contributed by atoms with Gasteiger partial charge in [-0.1, -0.05) is 91.0 Å². The fraction of sp³-hybridized carbons (Fsp3) is 0. The minimum atomic E-state index is 0.956. The fourth-order valence-corrected chi connectivity index (χ4v) is 5.12. The maximum atomic E-state index is 4.77. The van der Waals surface area contributed by atoms with E-state index in [9.17, 15) is 0 Å². The average Bonchev–Trinajstić information content (AvgIpc) is 3.01. The van der Waals surface area contributed by atoms with Gasteiger partial charge in [-0.3, -0.25) is 9.97 Å². The molecule has 2 aromatic heterocycles. The highest BCUT2D eigenvalue weighted by molar-refractivity contribution is 5.88. The molecular formula is C36H25N3. The van der Waals surface area contributed by atoms with E-state index in [2.05, 4.69) is 126 Å². The quantitative estimate of drug-likeness (QED) is 0.236. The van der Waals surface area contributed by atoms with Crippen LogP contribution in [0.4, 0.5) is 17.1 Å². The molecule has 0 N–H and O–H groups in total. The third kappa shape index (κ3) is 4.51. The smallest absolute Gasteiger partial charge is 0.0709 e. The number of nitrogens with zero attached hydrogens (tertiary/aromatic N) is 3. The van der Waals surface area contributed by atoms with E-state index in [1.54, 1.807) is 0 Å². The van der Waals surface area contributed by atoms with Crippen LogP contribution in [0, 0.1) is 0 Å². The molecule has 5 aromatic carbocycles. The molecule has 0 aliphatic heterocycles. The Bertz CT molecular complexity index is 1810. The molecule has 39 heavy (non-hydrogen) atoms.